The standard InChI is InChI=1S/C14H34N4/c1-5-17(6-2)13-11-15-9-10-16-12-14-18(7-3)8-4/h15-16H,5-14H2,1-4H3. The lowest BCUT2D eigenvalue weighted by molar-refractivity contribution is 0.297. The molecule has 2 N–H and O–H groups in total. The molecule has 0 saturated heterocycles. The highest BCUT2D eigenvalue weighted by molar-refractivity contribution is 4.59. The summed E-state index contributed by atoms with van der Waals surface area (Å²) >= 11 is 0. The maximum absolute atomic E-state index is 3.48. The smallest absolute Gasteiger partial charge is 0.0107 e. The molecule has 0 unspecified atom stereocenters. The van der Waals surface area contributed by atoms with Crippen LogP contribution in [-0.4, -0.2) is 75.2 Å². The Morgan fingerprint density at radius 2 is 0.889 bits per heavy atom. The van der Waals surface area contributed by atoms with Gasteiger partial charge in [-0.1, -0.05) is 27.7 Å². The van der Waals surface area contributed by atoms with Crippen molar-refractivity contribution in [2.45, 2.75) is 27.7 Å². The van der Waals surface area contributed by atoms with E-state index in [2.05, 4.69) is 48.1 Å². The van der Waals surface area contributed by atoms with Gasteiger partial charge >= 0.3 is 0 Å². The summed E-state index contributed by atoms with van der Waals surface area (Å²) in [6, 6.07) is 0. The van der Waals surface area contributed by atoms with Gasteiger partial charge in [0.1, 0.15) is 0 Å². The van der Waals surface area contributed by atoms with Crippen molar-refractivity contribution >= 4 is 0 Å². The SMILES string of the molecule is CCN(CC)CCNCCNCCN(CC)CC. The Kier molecular flexibility index (Phi) is 13.2. The van der Waals surface area contributed by atoms with Crippen LogP contribution >= 0.6 is 0 Å². The summed E-state index contributed by atoms with van der Waals surface area (Å²) in [5.74, 6) is 0. The Morgan fingerprint density at radius 3 is 1.17 bits per heavy atom. The van der Waals surface area contributed by atoms with Crippen molar-refractivity contribution in [2.75, 3.05) is 65.4 Å². The van der Waals surface area contributed by atoms with E-state index in [1.807, 2.05) is 0 Å². The van der Waals surface area contributed by atoms with Crippen LogP contribution in [0.15, 0.2) is 0 Å². The van der Waals surface area contributed by atoms with Gasteiger partial charge in [-0.25, -0.2) is 0 Å². The van der Waals surface area contributed by atoms with E-state index in [1.165, 1.54) is 0 Å². The van der Waals surface area contributed by atoms with Crippen LogP contribution in [0.2, 0.25) is 0 Å². The van der Waals surface area contributed by atoms with E-state index >= 15 is 0 Å². The average molecular weight is 258 g/mol. The van der Waals surface area contributed by atoms with Crippen LogP contribution in [0.5, 0.6) is 0 Å². The highest BCUT2D eigenvalue weighted by atomic mass is 15.1. The molecule has 0 saturated carbocycles. The number of rotatable bonds is 13. The van der Waals surface area contributed by atoms with Crippen molar-refractivity contribution in [1.29, 1.82) is 0 Å². The summed E-state index contributed by atoms with van der Waals surface area (Å²) in [6.07, 6.45) is 0. The molecular weight excluding hydrogens is 224 g/mol. The third-order valence-electron chi connectivity index (χ3n) is 3.48. The van der Waals surface area contributed by atoms with E-state index in [1.54, 1.807) is 0 Å². The molecule has 18 heavy (non-hydrogen) atoms. The van der Waals surface area contributed by atoms with E-state index in [0.717, 1.165) is 65.4 Å². The van der Waals surface area contributed by atoms with Gasteiger partial charge in [-0.15, -0.1) is 0 Å². The van der Waals surface area contributed by atoms with Crippen LogP contribution in [0, 0.1) is 0 Å². The summed E-state index contributed by atoms with van der Waals surface area (Å²) in [5.41, 5.74) is 0. The molecule has 0 bridgehead atoms. The molecule has 4 heteroatoms. The Morgan fingerprint density at radius 1 is 0.556 bits per heavy atom. The van der Waals surface area contributed by atoms with E-state index in [0.29, 0.717) is 0 Å². The van der Waals surface area contributed by atoms with Crippen LogP contribution in [0.25, 0.3) is 0 Å². The first kappa shape index (κ1) is 17.8. The molecule has 110 valence electrons. The van der Waals surface area contributed by atoms with Crippen molar-refractivity contribution in [3.63, 3.8) is 0 Å². The van der Waals surface area contributed by atoms with Gasteiger partial charge in [0.25, 0.3) is 0 Å². The summed E-state index contributed by atoms with van der Waals surface area (Å²) in [6.45, 7) is 20.1. The third kappa shape index (κ3) is 9.83. The van der Waals surface area contributed by atoms with E-state index in [-0.39, 0.29) is 0 Å². The van der Waals surface area contributed by atoms with Crippen LogP contribution in [0.3, 0.4) is 0 Å². The quantitative estimate of drug-likeness (QED) is 0.480. The maximum Gasteiger partial charge on any atom is 0.0107 e. The van der Waals surface area contributed by atoms with E-state index < -0.39 is 0 Å². The molecule has 0 aliphatic carbocycles. The zero-order valence-corrected chi connectivity index (χ0v) is 13.0. The van der Waals surface area contributed by atoms with Gasteiger partial charge in [-0.05, 0) is 26.2 Å². The van der Waals surface area contributed by atoms with Crippen LogP contribution < -0.4 is 10.6 Å². The van der Waals surface area contributed by atoms with Crippen LogP contribution in [0.4, 0.5) is 0 Å². The van der Waals surface area contributed by atoms with Gasteiger partial charge in [-0.3, -0.25) is 0 Å². The molecular formula is C14H34N4. The Bertz CT molecular complexity index is 138. The molecule has 0 heterocycles. The maximum atomic E-state index is 3.48. The molecule has 0 aromatic carbocycles. The highest BCUT2D eigenvalue weighted by Crippen LogP contribution is 1.84. The third-order valence-corrected chi connectivity index (χ3v) is 3.48. The lowest BCUT2D eigenvalue weighted by Crippen LogP contribution is -2.37. The molecule has 4 nitrogen and oxygen atoms in total. The van der Waals surface area contributed by atoms with Crippen molar-refractivity contribution in [3.8, 4) is 0 Å². The number of likely N-dealkylation sites (N-methyl/N-ethyl adjacent to an activating group) is 2. The summed E-state index contributed by atoms with van der Waals surface area (Å²) in [4.78, 5) is 4.89. The predicted molar refractivity (Wildman–Crippen MR) is 81.3 cm³/mol. The fraction of sp³-hybridized carbons (Fsp3) is 1.00. The van der Waals surface area contributed by atoms with Crippen molar-refractivity contribution in [1.82, 2.24) is 20.4 Å². The van der Waals surface area contributed by atoms with Crippen LogP contribution in [0.1, 0.15) is 27.7 Å². The Balaban J connectivity index is 3.21. The van der Waals surface area contributed by atoms with E-state index in [4.69, 9.17) is 0 Å². The minimum absolute atomic E-state index is 1.07. The molecule has 0 aromatic rings. The number of hydrogen-bond acceptors (Lipinski definition) is 4. The number of hydrogen-bond donors (Lipinski definition) is 2. The molecule has 0 amide bonds. The lowest BCUT2D eigenvalue weighted by Gasteiger charge is -2.19. The second-order valence-corrected chi connectivity index (χ2v) is 4.55. The van der Waals surface area contributed by atoms with Crippen molar-refractivity contribution in [2.24, 2.45) is 0 Å². The summed E-state index contributed by atoms with van der Waals surface area (Å²) in [7, 11) is 0. The highest BCUT2D eigenvalue weighted by Gasteiger charge is 1.98. The zero-order valence-electron chi connectivity index (χ0n) is 13.0. The fourth-order valence-electron chi connectivity index (χ4n) is 1.98. The molecule has 0 aromatic heterocycles. The number of nitrogens with one attached hydrogen (secondary N) is 2. The molecule has 0 spiro atoms. The first-order chi connectivity index (χ1) is 8.78. The fourth-order valence-corrected chi connectivity index (χ4v) is 1.98. The van der Waals surface area contributed by atoms with Gasteiger partial charge in [0.15, 0.2) is 0 Å². The largest absolute Gasteiger partial charge is 0.314 e. The predicted octanol–water partition coefficient (Wildman–Crippen LogP) is 0.849. The Hall–Kier alpha value is -0.160. The van der Waals surface area contributed by atoms with Crippen molar-refractivity contribution < 1.29 is 0 Å². The second kappa shape index (κ2) is 13.3. The van der Waals surface area contributed by atoms with E-state index in [9.17, 15) is 0 Å². The Labute approximate surface area is 114 Å². The minimum atomic E-state index is 1.07. The molecule has 0 aliphatic rings. The molecule has 0 rings (SSSR count). The first-order valence-corrected chi connectivity index (χ1v) is 7.64. The normalized spacial score (nSPS) is 11.7. The monoisotopic (exact) mass is 258 g/mol. The summed E-state index contributed by atoms with van der Waals surface area (Å²) < 4.78 is 0. The van der Waals surface area contributed by atoms with Gasteiger partial charge in [0, 0.05) is 39.3 Å². The van der Waals surface area contributed by atoms with Gasteiger partial charge in [0.05, 0.1) is 0 Å². The average Bonchev–Trinajstić information content (AvgIpc) is 2.41. The zero-order chi connectivity index (χ0) is 13.6. The topological polar surface area (TPSA) is 30.5 Å². The summed E-state index contributed by atoms with van der Waals surface area (Å²) in [5, 5.41) is 6.97. The first-order valence-electron chi connectivity index (χ1n) is 7.64. The van der Waals surface area contributed by atoms with Gasteiger partial charge in [-0.2, -0.15) is 0 Å². The minimum Gasteiger partial charge on any atom is -0.314 e. The second-order valence-electron chi connectivity index (χ2n) is 4.55. The van der Waals surface area contributed by atoms with Gasteiger partial charge in [0.2, 0.25) is 0 Å². The molecule has 0 atom stereocenters. The van der Waals surface area contributed by atoms with Crippen LogP contribution in [-0.2, 0) is 0 Å². The number of nitrogens with zero attached hydrogens (tertiary/aromatic N) is 2. The molecule has 0 aliphatic heterocycles. The molecule has 0 fully saturated rings. The van der Waals surface area contributed by atoms with Crippen molar-refractivity contribution in [3.05, 3.63) is 0 Å². The lowest BCUT2D eigenvalue weighted by atomic mass is 10.4. The molecule has 0 radical (unpaired) electrons. The van der Waals surface area contributed by atoms with Gasteiger partial charge < -0.3 is 20.4 Å².